The van der Waals surface area contributed by atoms with Gasteiger partial charge in [0, 0.05) is 13.0 Å². The van der Waals surface area contributed by atoms with E-state index in [9.17, 15) is 0 Å². The molecule has 0 aromatic heterocycles. The molecule has 17 heavy (non-hydrogen) atoms. The third kappa shape index (κ3) is 2.87. The minimum atomic E-state index is 0.411. The van der Waals surface area contributed by atoms with Crippen LogP contribution in [0, 0.1) is 17.2 Å². The maximum atomic E-state index is 9.01. The number of nitriles is 1. The minimum absolute atomic E-state index is 0.411. The largest absolute Gasteiger partial charge is 0.326 e. The summed E-state index contributed by atoms with van der Waals surface area (Å²) in [6.45, 7) is 0.581. The van der Waals surface area contributed by atoms with E-state index in [4.69, 9.17) is 11.0 Å². The number of hydrogen-bond acceptors (Lipinski definition) is 2. The Morgan fingerprint density at radius 1 is 1.35 bits per heavy atom. The third-order valence-electron chi connectivity index (χ3n) is 3.89. The van der Waals surface area contributed by atoms with Gasteiger partial charge in [0.05, 0.1) is 6.07 Å². The first kappa shape index (κ1) is 12.1. The molecular weight excluding hydrogens is 208 g/mol. The van der Waals surface area contributed by atoms with E-state index >= 15 is 0 Å². The van der Waals surface area contributed by atoms with Crippen molar-refractivity contribution >= 4 is 0 Å². The molecule has 2 nitrogen and oxygen atoms in total. The van der Waals surface area contributed by atoms with Crippen LogP contribution in [0.5, 0.6) is 0 Å². The lowest BCUT2D eigenvalue weighted by Gasteiger charge is -2.21. The lowest BCUT2D eigenvalue weighted by Crippen LogP contribution is -2.10. The second kappa shape index (κ2) is 5.84. The Balaban J connectivity index is 2.21. The number of rotatable bonds is 4. The maximum absolute atomic E-state index is 9.01. The molecular formula is C15H20N2. The standard InChI is InChI=1S/C15H20N2/c16-9-8-15(13-5-1-2-6-13)14-7-3-4-12(10-14)11-17/h3-4,7,10,13,15H,1-2,5-6,8,11,17H2. The molecule has 2 rings (SSSR count). The molecule has 0 bridgehead atoms. The quantitative estimate of drug-likeness (QED) is 0.859. The smallest absolute Gasteiger partial charge is 0.0628 e. The highest BCUT2D eigenvalue weighted by molar-refractivity contribution is 5.27. The predicted octanol–water partition coefficient (Wildman–Crippen LogP) is 3.33. The maximum Gasteiger partial charge on any atom is 0.0628 e. The summed E-state index contributed by atoms with van der Waals surface area (Å²) in [5, 5.41) is 9.01. The normalized spacial score (nSPS) is 17.9. The highest BCUT2D eigenvalue weighted by atomic mass is 14.5. The number of nitrogens with zero attached hydrogens (tertiary/aromatic N) is 1. The van der Waals surface area contributed by atoms with Crippen molar-refractivity contribution in [1.82, 2.24) is 0 Å². The van der Waals surface area contributed by atoms with Gasteiger partial charge in [-0.1, -0.05) is 37.1 Å². The van der Waals surface area contributed by atoms with Gasteiger partial charge in [0.2, 0.25) is 0 Å². The van der Waals surface area contributed by atoms with Crippen LogP contribution in [0.25, 0.3) is 0 Å². The molecule has 0 amide bonds. The summed E-state index contributed by atoms with van der Waals surface area (Å²) in [4.78, 5) is 0. The Hall–Kier alpha value is -1.33. The highest BCUT2D eigenvalue weighted by Crippen LogP contribution is 2.39. The van der Waals surface area contributed by atoms with Crippen molar-refractivity contribution < 1.29 is 0 Å². The summed E-state index contributed by atoms with van der Waals surface area (Å²) in [5.74, 6) is 1.11. The van der Waals surface area contributed by atoms with E-state index in [1.54, 1.807) is 0 Å². The summed E-state index contributed by atoms with van der Waals surface area (Å²) in [6, 6.07) is 10.8. The molecule has 2 heteroatoms. The van der Waals surface area contributed by atoms with Gasteiger partial charge >= 0.3 is 0 Å². The van der Waals surface area contributed by atoms with Crippen LogP contribution in [0.2, 0.25) is 0 Å². The molecule has 1 aromatic rings. The van der Waals surface area contributed by atoms with E-state index in [2.05, 4.69) is 30.3 Å². The Labute approximate surface area is 103 Å². The lowest BCUT2D eigenvalue weighted by molar-refractivity contribution is 0.439. The molecule has 1 aromatic carbocycles. The van der Waals surface area contributed by atoms with Gasteiger partial charge < -0.3 is 5.73 Å². The van der Waals surface area contributed by atoms with Crippen LogP contribution in [0.15, 0.2) is 24.3 Å². The fourth-order valence-corrected chi connectivity index (χ4v) is 2.97. The van der Waals surface area contributed by atoms with E-state index in [1.807, 2.05) is 0 Å². The zero-order valence-electron chi connectivity index (χ0n) is 10.2. The Morgan fingerprint density at radius 2 is 2.12 bits per heavy atom. The van der Waals surface area contributed by atoms with Gasteiger partial charge in [-0.15, -0.1) is 0 Å². The summed E-state index contributed by atoms with van der Waals surface area (Å²) in [6.07, 6.45) is 5.84. The average Bonchev–Trinajstić information content (AvgIpc) is 2.89. The zero-order chi connectivity index (χ0) is 12.1. The van der Waals surface area contributed by atoms with Crippen molar-refractivity contribution in [3.63, 3.8) is 0 Å². The SMILES string of the molecule is N#CCC(c1cccc(CN)c1)C1CCCC1. The average molecular weight is 228 g/mol. The van der Waals surface area contributed by atoms with E-state index in [0.29, 0.717) is 24.8 Å². The van der Waals surface area contributed by atoms with Crippen molar-refractivity contribution in [3.8, 4) is 6.07 Å². The summed E-state index contributed by atoms with van der Waals surface area (Å²) < 4.78 is 0. The molecule has 1 atom stereocenters. The molecule has 90 valence electrons. The molecule has 0 heterocycles. The van der Waals surface area contributed by atoms with Gasteiger partial charge in [0.15, 0.2) is 0 Å². The van der Waals surface area contributed by atoms with Crippen molar-refractivity contribution in [2.24, 2.45) is 11.7 Å². The molecule has 1 unspecified atom stereocenters. The molecule has 2 N–H and O–H groups in total. The molecule has 0 saturated heterocycles. The number of hydrogen-bond donors (Lipinski definition) is 1. The van der Waals surface area contributed by atoms with Crippen LogP contribution in [0.1, 0.15) is 49.1 Å². The molecule has 0 spiro atoms. The van der Waals surface area contributed by atoms with Gasteiger partial charge in [-0.25, -0.2) is 0 Å². The third-order valence-corrected chi connectivity index (χ3v) is 3.89. The van der Waals surface area contributed by atoms with Crippen LogP contribution in [-0.4, -0.2) is 0 Å². The van der Waals surface area contributed by atoms with E-state index in [0.717, 1.165) is 0 Å². The van der Waals surface area contributed by atoms with Crippen molar-refractivity contribution in [2.75, 3.05) is 0 Å². The first-order chi connectivity index (χ1) is 8.35. The van der Waals surface area contributed by atoms with Crippen molar-refractivity contribution in [2.45, 2.75) is 44.6 Å². The van der Waals surface area contributed by atoms with Crippen molar-refractivity contribution in [3.05, 3.63) is 35.4 Å². The summed E-state index contributed by atoms with van der Waals surface area (Å²) in [7, 11) is 0. The summed E-state index contributed by atoms with van der Waals surface area (Å²) in [5.41, 5.74) is 8.16. The zero-order valence-corrected chi connectivity index (χ0v) is 10.2. The van der Waals surface area contributed by atoms with Gasteiger partial charge in [-0.3, -0.25) is 0 Å². The monoisotopic (exact) mass is 228 g/mol. The summed E-state index contributed by atoms with van der Waals surface area (Å²) >= 11 is 0. The van der Waals surface area contributed by atoms with E-state index in [1.165, 1.54) is 36.8 Å². The topological polar surface area (TPSA) is 49.8 Å². The van der Waals surface area contributed by atoms with Gasteiger partial charge in [0.25, 0.3) is 0 Å². The predicted molar refractivity (Wildman–Crippen MR) is 69.3 cm³/mol. The second-order valence-corrected chi connectivity index (χ2v) is 4.96. The van der Waals surface area contributed by atoms with Gasteiger partial charge in [-0.2, -0.15) is 5.26 Å². The van der Waals surface area contributed by atoms with Crippen LogP contribution < -0.4 is 5.73 Å². The Kier molecular flexibility index (Phi) is 4.17. The lowest BCUT2D eigenvalue weighted by atomic mass is 9.82. The Morgan fingerprint density at radius 3 is 2.76 bits per heavy atom. The fraction of sp³-hybridized carbons (Fsp3) is 0.533. The van der Waals surface area contributed by atoms with Crippen LogP contribution in [0.4, 0.5) is 0 Å². The first-order valence-corrected chi connectivity index (χ1v) is 6.51. The molecule has 1 fully saturated rings. The fourth-order valence-electron chi connectivity index (χ4n) is 2.97. The first-order valence-electron chi connectivity index (χ1n) is 6.51. The Bertz CT molecular complexity index is 400. The van der Waals surface area contributed by atoms with Crippen LogP contribution in [0.3, 0.4) is 0 Å². The van der Waals surface area contributed by atoms with E-state index < -0.39 is 0 Å². The van der Waals surface area contributed by atoms with Crippen LogP contribution >= 0.6 is 0 Å². The van der Waals surface area contributed by atoms with E-state index in [-0.39, 0.29) is 0 Å². The molecule has 0 aliphatic heterocycles. The van der Waals surface area contributed by atoms with Gasteiger partial charge in [-0.05, 0) is 35.8 Å². The van der Waals surface area contributed by atoms with Gasteiger partial charge in [0.1, 0.15) is 0 Å². The molecule has 0 radical (unpaired) electrons. The highest BCUT2D eigenvalue weighted by Gasteiger charge is 2.26. The molecule has 1 aliphatic rings. The number of nitrogens with two attached hydrogens (primary N) is 1. The number of benzene rings is 1. The molecule has 1 saturated carbocycles. The van der Waals surface area contributed by atoms with Crippen LogP contribution in [-0.2, 0) is 6.54 Å². The second-order valence-electron chi connectivity index (χ2n) is 4.96. The van der Waals surface area contributed by atoms with Crippen molar-refractivity contribution in [1.29, 1.82) is 5.26 Å². The minimum Gasteiger partial charge on any atom is -0.326 e. The molecule has 1 aliphatic carbocycles.